The average Bonchev–Trinajstić information content (AvgIpc) is 2.48. The van der Waals surface area contributed by atoms with Crippen molar-refractivity contribution in [3.05, 3.63) is 29.8 Å². The molecular weight excluding hydrogens is 240 g/mol. The molecule has 0 spiro atoms. The van der Waals surface area contributed by atoms with Crippen molar-refractivity contribution in [3.63, 3.8) is 0 Å². The number of hydrogen-bond donors (Lipinski definition) is 2. The van der Waals surface area contributed by atoms with Crippen LogP contribution in [0.5, 0.6) is 0 Å². The minimum Gasteiger partial charge on any atom is -0.387 e. The van der Waals surface area contributed by atoms with Gasteiger partial charge in [-0.1, -0.05) is 12.1 Å². The first-order chi connectivity index (χ1) is 9.31. The number of nitrogens with one attached hydrogen (secondary N) is 2. The maximum Gasteiger partial charge on any atom is 0.253 e. The molecule has 2 N–H and O–H groups in total. The lowest BCUT2D eigenvalue weighted by Gasteiger charge is -2.22. The topological polar surface area (TPSA) is 50.4 Å². The lowest BCUT2D eigenvalue weighted by molar-refractivity contribution is 0.0117. The molecule has 104 valence electrons. The second-order valence-electron chi connectivity index (χ2n) is 4.83. The van der Waals surface area contributed by atoms with Crippen molar-refractivity contribution in [1.82, 2.24) is 5.32 Å². The summed E-state index contributed by atoms with van der Waals surface area (Å²) in [6.45, 7) is 1.53. The first kappa shape index (κ1) is 13.9. The van der Waals surface area contributed by atoms with E-state index in [0.717, 1.165) is 25.1 Å². The predicted molar refractivity (Wildman–Crippen MR) is 76.5 cm³/mol. The molecule has 1 amide bonds. The minimum absolute atomic E-state index is 0.0271. The van der Waals surface area contributed by atoms with Gasteiger partial charge in [0.15, 0.2) is 0 Å². The van der Waals surface area contributed by atoms with E-state index in [9.17, 15) is 4.79 Å². The molecule has 0 aliphatic carbocycles. The molecule has 1 saturated heterocycles. The smallest absolute Gasteiger partial charge is 0.253 e. The van der Waals surface area contributed by atoms with Crippen LogP contribution in [0.2, 0.25) is 0 Å². The lowest BCUT2D eigenvalue weighted by atomic mass is 10.1. The van der Waals surface area contributed by atoms with Gasteiger partial charge in [-0.25, -0.2) is 0 Å². The van der Waals surface area contributed by atoms with E-state index in [0.29, 0.717) is 18.2 Å². The number of carbonyl (C=O) groups excluding carboxylic acids is 1. The highest BCUT2D eigenvalue weighted by Gasteiger charge is 2.14. The lowest BCUT2D eigenvalue weighted by Crippen LogP contribution is -2.29. The van der Waals surface area contributed by atoms with Crippen LogP contribution in [0.3, 0.4) is 0 Å². The Hall–Kier alpha value is -1.55. The third-order valence-corrected chi connectivity index (χ3v) is 3.47. The molecule has 1 aromatic rings. The standard InChI is InChI=1S/C15H22N2O2/c1-16-14-8-3-2-7-13(14)15(18)17-10-9-12-6-4-5-11-19-12/h2-3,7-8,12,16H,4-6,9-11H2,1H3,(H,17,18). The number of benzene rings is 1. The highest BCUT2D eigenvalue weighted by Crippen LogP contribution is 2.16. The van der Waals surface area contributed by atoms with Crippen LogP contribution in [0.4, 0.5) is 5.69 Å². The fourth-order valence-corrected chi connectivity index (χ4v) is 2.38. The summed E-state index contributed by atoms with van der Waals surface area (Å²) >= 11 is 0. The summed E-state index contributed by atoms with van der Waals surface area (Å²) in [5.74, 6) is -0.0271. The number of hydrogen-bond acceptors (Lipinski definition) is 3. The van der Waals surface area contributed by atoms with Crippen molar-refractivity contribution in [2.75, 3.05) is 25.5 Å². The van der Waals surface area contributed by atoms with Gasteiger partial charge in [0.2, 0.25) is 0 Å². The van der Waals surface area contributed by atoms with E-state index in [1.54, 1.807) is 0 Å². The van der Waals surface area contributed by atoms with E-state index in [4.69, 9.17) is 4.74 Å². The Morgan fingerprint density at radius 3 is 2.95 bits per heavy atom. The number of carbonyl (C=O) groups is 1. The molecule has 1 fully saturated rings. The molecule has 1 aromatic carbocycles. The average molecular weight is 262 g/mol. The zero-order valence-corrected chi connectivity index (χ0v) is 11.4. The highest BCUT2D eigenvalue weighted by atomic mass is 16.5. The van der Waals surface area contributed by atoms with Crippen LogP contribution < -0.4 is 10.6 Å². The van der Waals surface area contributed by atoms with Crippen LogP contribution in [-0.2, 0) is 4.74 Å². The molecule has 4 heteroatoms. The van der Waals surface area contributed by atoms with Crippen molar-refractivity contribution in [2.24, 2.45) is 0 Å². The van der Waals surface area contributed by atoms with Gasteiger partial charge in [-0.2, -0.15) is 0 Å². The molecule has 0 radical (unpaired) electrons. The van der Waals surface area contributed by atoms with Crippen LogP contribution in [0.25, 0.3) is 0 Å². The Kier molecular flexibility index (Phi) is 5.21. The van der Waals surface area contributed by atoms with Crippen molar-refractivity contribution >= 4 is 11.6 Å². The van der Waals surface area contributed by atoms with Crippen LogP contribution in [0.1, 0.15) is 36.0 Å². The van der Waals surface area contributed by atoms with Gasteiger partial charge in [-0.3, -0.25) is 4.79 Å². The zero-order chi connectivity index (χ0) is 13.5. The van der Waals surface area contributed by atoms with E-state index in [2.05, 4.69) is 10.6 Å². The van der Waals surface area contributed by atoms with Crippen LogP contribution >= 0.6 is 0 Å². The van der Waals surface area contributed by atoms with Crippen molar-refractivity contribution in [3.8, 4) is 0 Å². The first-order valence-electron chi connectivity index (χ1n) is 6.98. The molecule has 1 heterocycles. The molecular formula is C15H22N2O2. The fraction of sp³-hybridized carbons (Fsp3) is 0.533. The van der Waals surface area contributed by atoms with E-state index in [-0.39, 0.29) is 5.91 Å². The van der Waals surface area contributed by atoms with Gasteiger partial charge < -0.3 is 15.4 Å². The fourth-order valence-electron chi connectivity index (χ4n) is 2.38. The van der Waals surface area contributed by atoms with Gasteiger partial charge in [0, 0.05) is 25.9 Å². The summed E-state index contributed by atoms with van der Waals surface area (Å²) in [6.07, 6.45) is 4.73. The highest BCUT2D eigenvalue weighted by molar-refractivity contribution is 5.99. The zero-order valence-electron chi connectivity index (χ0n) is 11.4. The van der Waals surface area contributed by atoms with Crippen molar-refractivity contribution in [1.29, 1.82) is 0 Å². The number of amides is 1. The van der Waals surface area contributed by atoms with Gasteiger partial charge in [0.25, 0.3) is 5.91 Å². The Bertz CT molecular complexity index is 414. The summed E-state index contributed by atoms with van der Waals surface area (Å²) in [4.78, 5) is 12.1. The Morgan fingerprint density at radius 1 is 1.37 bits per heavy atom. The van der Waals surface area contributed by atoms with E-state index in [1.807, 2.05) is 31.3 Å². The quantitative estimate of drug-likeness (QED) is 0.857. The molecule has 0 aromatic heterocycles. The Labute approximate surface area is 114 Å². The van der Waals surface area contributed by atoms with Gasteiger partial charge in [0.05, 0.1) is 11.7 Å². The molecule has 1 aliphatic rings. The van der Waals surface area contributed by atoms with E-state index < -0.39 is 0 Å². The second kappa shape index (κ2) is 7.14. The van der Waals surface area contributed by atoms with Gasteiger partial charge in [-0.05, 0) is 37.8 Å². The van der Waals surface area contributed by atoms with E-state index in [1.165, 1.54) is 12.8 Å². The van der Waals surface area contributed by atoms with Crippen LogP contribution in [0.15, 0.2) is 24.3 Å². The second-order valence-corrected chi connectivity index (χ2v) is 4.83. The summed E-state index contributed by atoms with van der Waals surface area (Å²) in [5, 5.41) is 5.99. The summed E-state index contributed by atoms with van der Waals surface area (Å²) in [5.41, 5.74) is 1.54. The molecule has 1 unspecified atom stereocenters. The minimum atomic E-state index is -0.0271. The van der Waals surface area contributed by atoms with Crippen molar-refractivity contribution < 1.29 is 9.53 Å². The molecule has 1 aliphatic heterocycles. The number of rotatable bonds is 5. The third kappa shape index (κ3) is 3.96. The first-order valence-corrected chi connectivity index (χ1v) is 6.98. The van der Waals surface area contributed by atoms with Crippen molar-refractivity contribution in [2.45, 2.75) is 31.8 Å². The monoisotopic (exact) mass is 262 g/mol. The predicted octanol–water partition coefficient (Wildman–Crippen LogP) is 2.42. The normalized spacial score (nSPS) is 18.9. The van der Waals surface area contributed by atoms with Gasteiger partial charge >= 0.3 is 0 Å². The Balaban J connectivity index is 1.80. The third-order valence-electron chi connectivity index (χ3n) is 3.47. The number of ether oxygens (including phenoxy) is 1. The maximum atomic E-state index is 12.1. The number of para-hydroxylation sites is 1. The molecule has 19 heavy (non-hydrogen) atoms. The van der Waals surface area contributed by atoms with Gasteiger partial charge in [0.1, 0.15) is 0 Å². The number of anilines is 1. The largest absolute Gasteiger partial charge is 0.387 e. The maximum absolute atomic E-state index is 12.1. The Morgan fingerprint density at radius 2 is 2.21 bits per heavy atom. The molecule has 2 rings (SSSR count). The molecule has 0 bridgehead atoms. The molecule has 4 nitrogen and oxygen atoms in total. The van der Waals surface area contributed by atoms with Gasteiger partial charge in [-0.15, -0.1) is 0 Å². The summed E-state index contributed by atoms with van der Waals surface area (Å²) in [6, 6.07) is 7.52. The van der Waals surface area contributed by atoms with E-state index >= 15 is 0 Å². The molecule has 0 saturated carbocycles. The SMILES string of the molecule is CNc1ccccc1C(=O)NCCC1CCCCO1. The summed E-state index contributed by atoms with van der Waals surface area (Å²) in [7, 11) is 1.82. The van der Waals surface area contributed by atoms with Crippen LogP contribution in [-0.4, -0.2) is 32.2 Å². The summed E-state index contributed by atoms with van der Waals surface area (Å²) < 4.78 is 5.65. The van der Waals surface area contributed by atoms with Crippen LogP contribution in [0, 0.1) is 0 Å². The molecule has 1 atom stereocenters.